The van der Waals surface area contributed by atoms with Crippen LogP contribution in [-0.2, 0) is 6.42 Å². The summed E-state index contributed by atoms with van der Waals surface area (Å²) in [5, 5.41) is 0. The Labute approximate surface area is 124 Å². The summed E-state index contributed by atoms with van der Waals surface area (Å²) in [4.78, 5) is 28.4. The quantitative estimate of drug-likeness (QED) is 0.829. The lowest BCUT2D eigenvalue weighted by molar-refractivity contribution is 0.0761. The Hall–Kier alpha value is -2.36. The third-order valence-corrected chi connectivity index (χ3v) is 3.50. The molecule has 0 spiro atoms. The largest absolute Gasteiger partial charge is 0.356 e. The van der Waals surface area contributed by atoms with E-state index < -0.39 is 0 Å². The lowest BCUT2D eigenvalue weighted by Gasteiger charge is -2.20. The molecule has 4 nitrogen and oxygen atoms in total. The fraction of sp³-hybridized carbons (Fsp3) is 0.294. The minimum absolute atomic E-state index is 0.0439. The molecule has 2 rings (SSSR count). The Morgan fingerprint density at radius 1 is 1.19 bits per heavy atom. The summed E-state index contributed by atoms with van der Waals surface area (Å²) in [6.07, 6.45) is 2.40. The van der Waals surface area contributed by atoms with Gasteiger partial charge in [0.1, 0.15) is 5.69 Å². The number of aromatic amines is 1. The summed E-state index contributed by atoms with van der Waals surface area (Å²) in [5.74, 6) is -0.112. The molecule has 110 valence electrons. The van der Waals surface area contributed by atoms with Crippen LogP contribution in [0.25, 0.3) is 0 Å². The van der Waals surface area contributed by atoms with Gasteiger partial charge in [-0.3, -0.25) is 9.59 Å². The number of H-pyrrole nitrogens is 1. The molecule has 1 amide bonds. The number of carbonyl (C=O) groups is 2. The van der Waals surface area contributed by atoms with Crippen molar-refractivity contribution < 1.29 is 9.59 Å². The molecule has 2 aromatic rings. The summed E-state index contributed by atoms with van der Waals surface area (Å²) in [6.45, 7) is 4.75. The molecule has 4 heteroatoms. The van der Waals surface area contributed by atoms with E-state index in [2.05, 4.69) is 17.1 Å². The highest BCUT2D eigenvalue weighted by molar-refractivity contribution is 5.99. The minimum Gasteiger partial charge on any atom is -0.356 e. The lowest BCUT2D eigenvalue weighted by Crippen LogP contribution is -2.33. The van der Waals surface area contributed by atoms with E-state index in [0.29, 0.717) is 24.3 Å². The minimum atomic E-state index is -0.0686. The lowest BCUT2D eigenvalue weighted by atomic mass is 10.1. The molecule has 0 aliphatic rings. The van der Waals surface area contributed by atoms with Crippen molar-refractivity contribution in [3.8, 4) is 0 Å². The Kier molecular flexibility index (Phi) is 4.93. The molecular weight excluding hydrogens is 264 g/mol. The third-order valence-electron chi connectivity index (χ3n) is 3.50. The van der Waals surface area contributed by atoms with Crippen molar-refractivity contribution in [2.45, 2.75) is 20.3 Å². The number of carbonyl (C=O) groups excluding carboxylic acids is 2. The number of hydrogen-bond donors (Lipinski definition) is 1. The molecule has 1 aromatic heterocycles. The van der Waals surface area contributed by atoms with Gasteiger partial charge in [-0.2, -0.15) is 0 Å². The number of benzene rings is 1. The summed E-state index contributed by atoms with van der Waals surface area (Å²) < 4.78 is 0. The molecule has 0 unspecified atom stereocenters. The summed E-state index contributed by atoms with van der Waals surface area (Å²) in [6, 6.07) is 11.7. The topological polar surface area (TPSA) is 53.2 Å². The van der Waals surface area contributed by atoms with Gasteiger partial charge in [0.25, 0.3) is 5.91 Å². The summed E-state index contributed by atoms with van der Waals surface area (Å²) in [7, 11) is 0. The van der Waals surface area contributed by atoms with Crippen LogP contribution >= 0.6 is 0 Å². The second kappa shape index (κ2) is 6.88. The van der Waals surface area contributed by atoms with E-state index in [1.807, 2.05) is 25.1 Å². The van der Waals surface area contributed by atoms with Crippen molar-refractivity contribution in [1.29, 1.82) is 0 Å². The van der Waals surface area contributed by atoms with E-state index in [4.69, 9.17) is 0 Å². The van der Waals surface area contributed by atoms with Gasteiger partial charge in [-0.15, -0.1) is 0 Å². The molecule has 0 atom stereocenters. The molecule has 0 radical (unpaired) electrons. The van der Waals surface area contributed by atoms with Gasteiger partial charge in [0.05, 0.1) is 0 Å². The molecule has 1 N–H and O–H groups in total. The van der Waals surface area contributed by atoms with Gasteiger partial charge >= 0.3 is 0 Å². The number of nitrogens with zero attached hydrogens (tertiary/aromatic N) is 1. The molecule has 0 aliphatic carbocycles. The predicted molar refractivity (Wildman–Crippen MR) is 82.5 cm³/mol. The number of hydrogen-bond acceptors (Lipinski definition) is 2. The van der Waals surface area contributed by atoms with Crippen LogP contribution in [0.4, 0.5) is 0 Å². The number of likely N-dealkylation sites (N-methyl/N-ethyl adjacent to an activating group) is 1. The van der Waals surface area contributed by atoms with E-state index in [1.165, 1.54) is 12.5 Å². The van der Waals surface area contributed by atoms with E-state index in [-0.39, 0.29) is 11.7 Å². The van der Waals surface area contributed by atoms with E-state index in [1.54, 1.807) is 17.2 Å². The van der Waals surface area contributed by atoms with Gasteiger partial charge in [0, 0.05) is 24.8 Å². The van der Waals surface area contributed by atoms with Crippen LogP contribution in [0.5, 0.6) is 0 Å². The maximum Gasteiger partial charge on any atom is 0.270 e. The van der Waals surface area contributed by atoms with Crippen molar-refractivity contribution in [1.82, 2.24) is 9.88 Å². The first-order valence-electron chi connectivity index (χ1n) is 7.14. The molecule has 1 heterocycles. The van der Waals surface area contributed by atoms with Crippen molar-refractivity contribution in [2.75, 3.05) is 13.1 Å². The molecule has 0 aliphatic heterocycles. The number of amides is 1. The van der Waals surface area contributed by atoms with Gasteiger partial charge < -0.3 is 9.88 Å². The standard InChI is InChI=1S/C17H20N2O2/c1-3-19(10-9-14-7-5-4-6-8-14)17(21)16-11-15(12-18-16)13(2)20/h4-8,11-12,18H,3,9-10H2,1-2H3. The van der Waals surface area contributed by atoms with Crippen LogP contribution in [0.3, 0.4) is 0 Å². The summed E-state index contributed by atoms with van der Waals surface area (Å²) >= 11 is 0. The van der Waals surface area contributed by atoms with Crippen molar-refractivity contribution in [3.63, 3.8) is 0 Å². The second-order valence-electron chi connectivity index (χ2n) is 4.98. The van der Waals surface area contributed by atoms with Crippen molar-refractivity contribution >= 4 is 11.7 Å². The third kappa shape index (κ3) is 3.81. The van der Waals surface area contributed by atoms with Crippen LogP contribution in [0.1, 0.15) is 40.3 Å². The highest BCUT2D eigenvalue weighted by Gasteiger charge is 2.16. The van der Waals surface area contributed by atoms with Crippen LogP contribution < -0.4 is 0 Å². The van der Waals surface area contributed by atoms with Crippen LogP contribution in [0.15, 0.2) is 42.6 Å². The fourth-order valence-corrected chi connectivity index (χ4v) is 2.20. The molecule has 0 saturated carbocycles. The molecule has 0 bridgehead atoms. The maximum absolute atomic E-state index is 12.4. The zero-order valence-corrected chi connectivity index (χ0v) is 12.4. The Morgan fingerprint density at radius 3 is 2.48 bits per heavy atom. The van der Waals surface area contributed by atoms with Crippen LogP contribution in [-0.4, -0.2) is 34.7 Å². The second-order valence-corrected chi connectivity index (χ2v) is 4.98. The Balaban J connectivity index is 2.02. The first-order chi connectivity index (χ1) is 10.1. The first-order valence-corrected chi connectivity index (χ1v) is 7.14. The Bertz CT molecular complexity index is 617. The molecule has 1 aromatic carbocycles. The number of nitrogens with one attached hydrogen (secondary N) is 1. The van der Waals surface area contributed by atoms with Crippen LogP contribution in [0, 0.1) is 0 Å². The van der Waals surface area contributed by atoms with Crippen LogP contribution in [0.2, 0.25) is 0 Å². The van der Waals surface area contributed by atoms with Gasteiger partial charge in [0.2, 0.25) is 0 Å². The van der Waals surface area contributed by atoms with Gasteiger partial charge in [-0.1, -0.05) is 30.3 Å². The van der Waals surface area contributed by atoms with Crippen molar-refractivity contribution in [3.05, 3.63) is 59.4 Å². The number of aromatic nitrogens is 1. The summed E-state index contributed by atoms with van der Waals surface area (Å²) in [5.41, 5.74) is 2.22. The molecular formula is C17H20N2O2. The van der Waals surface area contributed by atoms with Gasteiger partial charge in [-0.25, -0.2) is 0 Å². The molecule has 0 fully saturated rings. The van der Waals surface area contributed by atoms with Crippen molar-refractivity contribution in [2.24, 2.45) is 0 Å². The SMILES string of the molecule is CCN(CCc1ccccc1)C(=O)c1cc(C(C)=O)c[nH]1. The highest BCUT2D eigenvalue weighted by Crippen LogP contribution is 2.09. The normalized spacial score (nSPS) is 10.4. The van der Waals surface area contributed by atoms with E-state index in [9.17, 15) is 9.59 Å². The maximum atomic E-state index is 12.4. The monoisotopic (exact) mass is 284 g/mol. The number of rotatable bonds is 6. The zero-order valence-electron chi connectivity index (χ0n) is 12.4. The average Bonchev–Trinajstić information content (AvgIpc) is 2.99. The average molecular weight is 284 g/mol. The van der Waals surface area contributed by atoms with E-state index >= 15 is 0 Å². The predicted octanol–water partition coefficient (Wildman–Crippen LogP) is 2.92. The van der Waals surface area contributed by atoms with E-state index in [0.717, 1.165) is 6.42 Å². The number of Topliss-reactive ketones (excluding diaryl/α,β-unsaturated/α-hetero) is 1. The highest BCUT2D eigenvalue weighted by atomic mass is 16.2. The smallest absolute Gasteiger partial charge is 0.270 e. The molecule has 0 saturated heterocycles. The zero-order chi connectivity index (χ0) is 15.2. The molecule has 21 heavy (non-hydrogen) atoms. The number of ketones is 1. The Morgan fingerprint density at radius 2 is 1.90 bits per heavy atom. The van der Waals surface area contributed by atoms with Gasteiger partial charge in [0.15, 0.2) is 5.78 Å². The fourth-order valence-electron chi connectivity index (χ4n) is 2.20. The van der Waals surface area contributed by atoms with Gasteiger partial charge in [-0.05, 0) is 31.9 Å². The first kappa shape index (κ1) is 15.0.